The molecular weight excluding hydrogens is 271 g/mol. The summed E-state index contributed by atoms with van der Waals surface area (Å²) in [6.45, 7) is 0. The quantitative estimate of drug-likeness (QED) is 0.427. The monoisotopic (exact) mass is 280 g/mol. The third kappa shape index (κ3) is 3.57. The molecule has 0 aliphatic heterocycles. The number of nitrogens with zero attached hydrogens (tertiary/aromatic N) is 1. The fraction of sp³-hybridized carbons (Fsp3) is 0. The van der Waals surface area contributed by atoms with E-state index < -0.39 is 10.9 Å². The standard InChI is InChI=1S/C13H10N2O4.Na/c16-13(17)10-7-4-8-11(15(18)19)12(10)14-9-5-2-1-3-6-9;/h1-8,14H,(H,16,17);/q;+1/p-1. The predicted octanol–water partition coefficient (Wildman–Crippen LogP) is -1.29. The molecule has 0 aliphatic rings. The van der Waals surface area contributed by atoms with Gasteiger partial charge in [-0.15, -0.1) is 0 Å². The third-order valence-electron chi connectivity index (χ3n) is 2.50. The van der Waals surface area contributed by atoms with E-state index in [2.05, 4.69) is 5.32 Å². The minimum absolute atomic E-state index is 0. The fourth-order valence-electron chi connectivity index (χ4n) is 1.66. The Morgan fingerprint density at radius 3 is 2.25 bits per heavy atom. The molecule has 0 amide bonds. The summed E-state index contributed by atoms with van der Waals surface area (Å²) in [4.78, 5) is 21.3. The van der Waals surface area contributed by atoms with Crippen molar-refractivity contribution in [2.75, 3.05) is 5.32 Å². The number of carbonyl (C=O) groups excluding carboxylic acids is 1. The van der Waals surface area contributed by atoms with Gasteiger partial charge in [-0.05, 0) is 12.1 Å². The maximum Gasteiger partial charge on any atom is 1.00 e. The molecule has 6 nitrogen and oxygen atoms in total. The van der Waals surface area contributed by atoms with Crippen molar-refractivity contribution < 1.29 is 44.4 Å². The van der Waals surface area contributed by atoms with Crippen molar-refractivity contribution in [3.63, 3.8) is 0 Å². The van der Waals surface area contributed by atoms with Crippen LogP contribution in [0.4, 0.5) is 17.1 Å². The summed E-state index contributed by atoms with van der Waals surface area (Å²) in [5, 5.41) is 24.7. The van der Waals surface area contributed by atoms with Crippen LogP contribution in [0.1, 0.15) is 10.4 Å². The first-order valence-corrected chi connectivity index (χ1v) is 5.40. The van der Waals surface area contributed by atoms with E-state index in [1.165, 1.54) is 18.2 Å². The van der Waals surface area contributed by atoms with E-state index in [9.17, 15) is 20.0 Å². The van der Waals surface area contributed by atoms with Gasteiger partial charge in [0.2, 0.25) is 0 Å². The van der Waals surface area contributed by atoms with Crippen LogP contribution in [0.3, 0.4) is 0 Å². The molecule has 0 heterocycles. The van der Waals surface area contributed by atoms with Crippen LogP contribution in [0.2, 0.25) is 0 Å². The number of carbonyl (C=O) groups is 1. The number of rotatable bonds is 4. The van der Waals surface area contributed by atoms with E-state index in [-0.39, 0.29) is 46.5 Å². The van der Waals surface area contributed by atoms with E-state index in [0.717, 1.165) is 0 Å². The Hall–Kier alpha value is -1.89. The number of para-hydroxylation sites is 2. The molecule has 7 heteroatoms. The van der Waals surface area contributed by atoms with Gasteiger partial charge in [0.1, 0.15) is 5.69 Å². The van der Waals surface area contributed by atoms with Gasteiger partial charge in [-0.1, -0.05) is 30.3 Å². The normalized spacial score (nSPS) is 9.40. The van der Waals surface area contributed by atoms with E-state index in [1.807, 2.05) is 0 Å². The Kier molecular flexibility index (Phi) is 5.69. The molecule has 0 atom stereocenters. The number of benzene rings is 2. The first-order valence-electron chi connectivity index (χ1n) is 5.40. The Morgan fingerprint density at radius 1 is 1.05 bits per heavy atom. The molecule has 0 aromatic heterocycles. The maximum absolute atomic E-state index is 11.0. The summed E-state index contributed by atoms with van der Waals surface area (Å²) in [5.74, 6) is -1.47. The zero-order valence-corrected chi connectivity index (χ0v) is 12.7. The van der Waals surface area contributed by atoms with Crippen LogP contribution in [0.25, 0.3) is 0 Å². The van der Waals surface area contributed by atoms with Gasteiger partial charge in [0, 0.05) is 17.3 Å². The van der Waals surface area contributed by atoms with Gasteiger partial charge in [-0.25, -0.2) is 0 Å². The van der Waals surface area contributed by atoms with Gasteiger partial charge in [-0.2, -0.15) is 0 Å². The van der Waals surface area contributed by atoms with Gasteiger partial charge in [0.15, 0.2) is 0 Å². The van der Waals surface area contributed by atoms with Crippen LogP contribution in [0, 0.1) is 10.1 Å². The van der Waals surface area contributed by atoms with Gasteiger partial charge >= 0.3 is 29.6 Å². The fourth-order valence-corrected chi connectivity index (χ4v) is 1.66. The Labute approximate surface area is 136 Å². The van der Waals surface area contributed by atoms with Gasteiger partial charge < -0.3 is 15.2 Å². The van der Waals surface area contributed by atoms with Crippen molar-refractivity contribution in [1.82, 2.24) is 0 Å². The molecule has 2 aromatic carbocycles. The van der Waals surface area contributed by atoms with Crippen LogP contribution in [0.5, 0.6) is 0 Å². The topological polar surface area (TPSA) is 95.3 Å². The van der Waals surface area contributed by atoms with Crippen molar-refractivity contribution in [1.29, 1.82) is 0 Å². The average molecular weight is 280 g/mol. The SMILES string of the molecule is O=C([O-])c1cccc([N+](=O)[O-])c1Nc1ccccc1.[Na+]. The smallest absolute Gasteiger partial charge is 0.545 e. The van der Waals surface area contributed by atoms with Crippen molar-refractivity contribution in [3.8, 4) is 0 Å². The molecule has 2 rings (SSSR count). The number of anilines is 2. The number of nitrogens with one attached hydrogen (secondary N) is 1. The largest absolute Gasteiger partial charge is 1.00 e. The summed E-state index contributed by atoms with van der Waals surface area (Å²) in [6.07, 6.45) is 0. The van der Waals surface area contributed by atoms with E-state index in [4.69, 9.17) is 0 Å². The zero-order chi connectivity index (χ0) is 13.8. The molecule has 0 saturated heterocycles. The predicted molar refractivity (Wildman–Crippen MR) is 67.2 cm³/mol. The number of hydrogen-bond acceptors (Lipinski definition) is 5. The second kappa shape index (κ2) is 7.04. The molecule has 2 aromatic rings. The summed E-state index contributed by atoms with van der Waals surface area (Å²) in [6, 6.07) is 12.4. The summed E-state index contributed by atoms with van der Waals surface area (Å²) < 4.78 is 0. The van der Waals surface area contributed by atoms with Crippen LogP contribution >= 0.6 is 0 Å². The van der Waals surface area contributed by atoms with Crippen LogP contribution < -0.4 is 40.0 Å². The molecule has 0 aliphatic carbocycles. The molecule has 20 heavy (non-hydrogen) atoms. The number of carboxylic acid groups (broad SMARTS) is 1. The molecule has 0 radical (unpaired) electrons. The van der Waals surface area contributed by atoms with E-state index in [1.54, 1.807) is 30.3 Å². The van der Waals surface area contributed by atoms with Crippen molar-refractivity contribution >= 4 is 23.0 Å². The van der Waals surface area contributed by atoms with Crippen LogP contribution in [0.15, 0.2) is 48.5 Å². The van der Waals surface area contributed by atoms with Crippen molar-refractivity contribution in [3.05, 3.63) is 64.2 Å². The second-order valence-corrected chi connectivity index (χ2v) is 3.74. The molecular formula is C13H9N2NaO4. The molecule has 0 spiro atoms. The summed E-state index contributed by atoms with van der Waals surface area (Å²) in [5.41, 5.74) is -0.0957. The van der Waals surface area contributed by atoms with Gasteiger partial charge in [0.25, 0.3) is 5.69 Å². The van der Waals surface area contributed by atoms with Gasteiger partial charge in [-0.3, -0.25) is 10.1 Å². The molecule has 0 saturated carbocycles. The number of nitro benzene ring substituents is 1. The molecule has 0 bridgehead atoms. The Balaban J connectivity index is 0.00000200. The molecule has 96 valence electrons. The minimum atomic E-state index is -1.47. The average Bonchev–Trinajstić information content (AvgIpc) is 2.39. The number of nitro groups is 1. The Morgan fingerprint density at radius 2 is 1.70 bits per heavy atom. The van der Waals surface area contributed by atoms with E-state index >= 15 is 0 Å². The second-order valence-electron chi connectivity index (χ2n) is 3.74. The summed E-state index contributed by atoms with van der Waals surface area (Å²) in [7, 11) is 0. The number of aromatic carboxylic acids is 1. The zero-order valence-electron chi connectivity index (χ0n) is 10.7. The third-order valence-corrected chi connectivity index (χ3v) is 2.50. The van der Waals surface area contributed by atoms with Crippen molar-refractivity contribution in [2.45, 2.75) is 0 Å². The molecule has 1 N–H and O–H groups in total. The summed E-state index contributed by atoms with van der Waals surface area (Å²) >= 11 is 0. The first kappa shape index (κ1) is 16.2. The number of hydrogen-bond donors (Lipinski definition) is 1. The van der Waals surface area contributed by atoms with Crippen molar-refractivity contribution in [2.24, 2.45) is 0 Å². The van der Waals surface area contributed by atoms with Gasteiger partial charge in [0.05, 0.1) is 10.9 Å². The first-order chi connectivity index (χ1) is 9.09. The maximum atomic E-state index is 11.0. The minimum Gasteiger partial charge on any atom is -0.545 e. The van der Waals surface area contributed by atoms with Crippen LogP contribution in [-0.2, 0) is 0 Å². The molecule has 0 unspecified atom stereocenters. The number of carboxylic acids is 1. The van der Waals surface area contributed by atoms with Crippen LogP contribution in [-0.4, -0.2) is 10.9 Å². The Bertz CT molecular complexity index is 599. The van der Waals surface area contributed by atoms with E-state index in [0.29, 0.717) is 5.69 Å². The molecule has 0 fully saturated rings.